The lowest BCUT2D eigenvalue weighted by Gasteiger charge is -2.15. The number of para-hydroxylation sites is 1. The van der Waals surface area contributed by atoms with Crippen LogP contribution in [0, 0.1) is 23.7 Å². The number of rotatable bonds is 4. The molecule has 0 saturated carbocycles. The molecule has 0 unspecified atom stereocenters. The van der Waals surface area contributed by atoms with Crippen LogP contribution in [0.4, 0.5) is 0 Å². The zero-order valence-corrected chi connectivity index (χ0v) is 29.7. The molecule has 4 heteroatoms. The Morgan fingerprint density at radius 1 is 0.698 bits per heavy atom. The summed E-state index contributed by atoms with van der Waals surface area (Å²) in [6.07, 6.45) is 3.34. The van der Waals surface area contributed by atoms with Crippen LogP contribution in [0.2, 0.25) is 0 Å². The lowest BCUT2D eigenvalue weighted by Crippen LogP contribution is -1.99. The van der Waals surface area contributed by atoms with Crippen LogP contribution in [0.5, 0.6) is 0 Å². The maximum absolute atomic E-state index is 8.47. The van der Waals surface area contributed by atoms with Crippen molar-refractivity contribution < 1.29 is 0 Å². The molecule has 1 N–H and O–H groups in total. The molecule has 2 aliphatic rings. The molecule has 254 valence electrons. The Hall–Kier alpha value is -6.83. The Labute approximate surface area is 310 Å². The van der Waals surface area contributed by atoms with Crippen molar-refractivity contribution in [3.05, 3.63) is 196 Å². The van der Waals surface area contributed by atoms with Crippen LogP contribution in [0.15, 0.2) is 157 Å². The first-order chi connectivity index (χ1) is 26.1. The molecule has 10 rings (SSSR count). The minimum Gasteiger partial charge on any atom is -0.309 e. The second kappa shape index (κ2) is 14.4. The summed E-state index contributed by atoms with van der Waals surface area (Å²) in [7, 11) is 0. The summed E-state index contributed by atoms with van der Waals surface area (Å²) in [5.74, 6) is 0. The van der Waals surface area contributed by atoms with E-state index in [1.807, 2.05) is 42.5 Å². The second-order valence-electron chi connectivity index (χ2n) is 13.5. The molecule has 4 nitrogen and oxygen atoms in total. The van der Waals surface area contributed by atoms with Gasteiger partial charge in [0, 0.05) is 29.1 Å². The number of hydrogen-bond acceptors (Lipinski definition) is 3. The van der Waals surface area contributed by atoms with Crippen molar-refractivity contribution in [2.24, 2.45) is 4.99 Å². The Kier molecular flexibility index (Phi) is 9.07. The van der Waals surface area contributed by atoms with Gasteiger partial charge in [0.1, 0.15) is 0 Å². The van der Waals surface area contributed by atoms with Crippen LogP contribution in [0.1, 0.15) is 44.5 Å². The van der Waals surface area contributed by atoms with Crippen LogP contribution in [0.3, 0.4) is 0 Å². The van der Waals surface area contributed by atoms with E-state index >= 15 is 0 Å². The Morgan fingerprint density at radius 3 is 1.94 bits per heavy atom. The minimum absolute atomic E-state index is 0.617. The van der Waals surface area contributed by atoms with Crippen LogP contribution < -0.4 is 0 Å². The average Bonchev–Trinajstić information content (AvgIpc) is 3.89. The molecule has 1 aromatic heterocycles. The van der Waals surface area contributed by atoms with Gasteiger partial charge >= 0.3 is 0 Å². The Morgan fingerprint density at radius 2 is 1.30 bits per heavy atom. The van der Waals surface area contributed by atoms with Gasteiger partial charge in [-0.25, -0.2) is 0 Å². The molecule has 0 spiro atoms. The van der Waals surface area contributed by atoms with Crippen molar-refractivity contribution >= 4 is 34.7 Å². The quantitative estimate of drug-likeness (QED) is 0.185. The van der Waals surface area contributed by atoms with Crippen LogP contribution >= 0.6 is 0 Å². The minimum atomic E-state index is 0.617. The van der Waals surface area contributed by atoms with E-state index in [1.165, 1.54) is 83.8 Å². The number of nitrogens with one attached hydrogen (secondary N) is 1. The van der Waals surface area contributed by atoms with Crippen molar-refractivity contribution in [1.82, 2.24) is 4.57 Å². The zero-order chi connectivity index (χ0) is 36.3. The topological polar surface area (TPSA) is 64.9 Å². The number of aryl methyl sites for hydroxylation is 1. The molecular weight excluding hydrogens is 645 g/mol. The molecule has 0 bridgehead atoms. The molecule has 2 aliphatic carbocycles. The maximum Gasteiger partial charge on any atom is 0.0991 e. The third-order valence-corrected chi connectivity index (χ3v) is 10.3. The highest BCUT2D eigenvalue weighted by atomic mass is 15.0. The molecule has 53 heavy (non-hydrogen) atoms. The van der Waals surface area contributed by atoms with E-state index in [1.54, 1.807) is 12.1 Å². The van der Waals surface area contributed by atoms with Crippen molar-refractivity contribution in [3.8, 4) is 34.0 Å². The predicted octanol–water partition coefficient (Wildman–Crippen LogP) is 11.7. The normalized spacial score (nSPS) is 11.5. The van der Waals surface area contributed by atoms with Gasteiger partial charge in [-0.1, -0.05) is 127 Å². The second-order valence-corrected chi connectivity index (χ2v) is 13.5. The van der Waals surface area contributed by atoms with E-state index in [0.29, 0.717) is 12.1 Å². The first kappa shape index (κ1) is 33.3. The summed E-state index contributed by atoms with van der Waals surface area (Å²) in [5, 5.41) is 18.1. The highest BCUT2D eigenvalue weighted by Gasteiger charge is 2.34. The van der Waals surface area contributed by atoms with Crippen LogP contribution in [-0.4, -0.2) is 17.5 Å². The van der Waals surface area contributed by atoms with Gasteiger partial charge in [-0.3, -0.25) is 4.99 Å². The first-order valence-electron chi connectivity index (χ1n) is 17.9. The summed E-state index contributed by atoms with van der Waals surface area (Å²) >= 11 is 0. The van der Waals surface area contributed by atoms with E-state index in [2.05, 4.69) is 126 Å². The van der Waals surface area contributed by atoms with Gasteiger partial charge in [-0.15, -0.1) is 0 Å². The van der Waals surface area contributed by atoms with Crippen molar-refractivity contribution in [1.29, 1.82) is 10.7 Å². The third kappa shape index (κ3) is 6.13. The van der Waals surface area contributed by atoms with Gasteiger partial charge in [0.05, 0.1) is 29.2 Å². The number of fused-ring (bicyclic) bond motifs is 12. The molecule has 0 aliphatic heterocycles. The molecule has 0 atom stereocenters. The maximum atomic E-state index is 8.47. The number of nitriles is 1. The van der Waals surface area contributed by atoms with Crippen molar-refractivity contribution in [3.63, 3.8) is 0 Å². The molecule has 0 amide bonds. The van der Waals surface area contributed by atoms with E-state index < -0.39 is 0 Å². The number of nitrogens with zero attached hydrogens (tertiary/aromatic N) is 3. The molecule has 0 saturated heterocycles. The van der Waals surface area contributed by atoms with Gasteiger partial charge < -0.3 is 9.98 Å². The molecule has 1 heterocycles. The van der Waals surface area contributed by atoms with Gasteiger partial charge in [0.25, 0.3) is 0 Å². The summed E-state index contributed by atoms with van der Waals surface area (Å²) < 4.78 is 2.52. The standard InChI is InChI=1S/C33H23N.C9H8N2.C7H7N/c1-20-14-16-23(17-15-20)34-29-13-7-6-12-26(29)32-31-25-11-5-3-8-21(25)18-27(31)30-24-10-4-2-9-22(24)19-28(30)33(32)34;1-11-7-9-4-2-8(6-10)3-5-9;8-6-7-4-2-1-3-5-7/h2-17H,18-19H2,1H3;2-5H,1,7H2;1-6,8H. The molecule has 0 fully saturated rings. The highest BCUT2D eigenvalue weighted by Crippen LogP contribution is 2.54. The molecule has 8 aromatic rings. The van der Waals surface area contributed by atoms with Crippen molar-refractivity contribution in [2.45, 2.75) is 26.3 Å². The van der Waals surface area contributed by atoms with Gasteiger partial charge in [0.15, 0.2) is 0 Å². The number of benzene rings is 7. The van der Waals surface area contributed by atoms with E-state index in [0.717, 1.165) is 24.0 Å². The summed E-state index contributed by atoms with van der Waals surface area (Å²) in [4.78, 5) is 3.73. The summed E-state index contributed by atoms with van der Waals surface area (Å²) in [5.41, 5.74) is 19.6. The number of aliphatic imine (C=N–C) groups is 1. The van der Waals surface area contributed by atoms with Crippen LogP contribution in [-0.2, 0) is 19.4 Å². The first-order valence-corrected chi connectivity index (χ1v) is 17.9. The van der Waals surface area contributed by atoms with E-state index in [4.69, 9.17) is 10.7 Å². The fourth-order valence-corrected chi connectivity index (χ4v) is 7.87. The summed E-state index contributed by atoms with van der Waals surface area (Å²) in [6.45, 7) is 6.16. The number of hydrogen-bond donors (Lipinski definition) is 1. The van der Waals surface area contributed by atoms with Gasteiger partial charge in [0.2, 0.25) is 0 Å². The lowest BCUT2D eigenvalue weighted by molar-refractivity contribution is 1.08. The molecular formula is C49H38N4. The highest BCUT2D eigenvalue weighted by molar-refractivity contribution is 6.21. The predicted molar refractivity (Wildman–Crippen MR) is 221 cm³/mol. The fraction of sp³-hybridized carbons (Fsp3) is 0.0816. The fourth-order valence-electron chi connectivity index (χ4n) is 7.87. The zero-order valence-electron chi connectivity index (χ0n) is 29.7. The SMILES string of the molecule is C=NCc1ccc(C#N)cc1.Cc1ccc(-n2c3ccccc3c3c4c(c5c(c32)Cc2ccccc2-5)Cc2ccccc2-4)cc1.N=Cc1ccccc1. The van der Waals surface area contributed by atoms with Gasteiger partial charge in [-0.05, 0) is 106 Å². The van der Waals surface area contributed by atoms with Gasteiger partial charge in [-0.2, -0.15) is 5.26 Å². The molecule has 0 radical (unpaired) electrons. The Balaban J connectivity index is 0.000000173. The summed E-state index contributed by atoms with van der Waals surface area (Å²) in [6, 6.07) is 55.0. The van der Waals surface area contributed by atoms with Crippen molar-refractivity contribution in [2.75, 3.05) is 0 Å². The average molecular weight is 683 g/mol. The number of aromatic nitrogens is 1. The monoisotopic (exact) mass is 682 g/mol. The van der Waals surface area contributed by atoms with Crippen LogP contribution in [0.25, 0.3) is 49.7 Å². The smallest absolute Gasteiger partial charge is 0.0991 e. The third-order valence-electron chi connectivity index (χ3n) is 10.3. The van der Waals surface area contributed by atoms with E-state index in [9.17, 15) is 0 Å². The lowest BCUT2D eigenvalue weighted by atomic mass is 9.91. The largest absolute Gasteiger partial charge is 0.309 e. The van der Waals surface area contributed by atoms with E-state index in [-0.39, 0.29) is 0 Å². The molecule has 7 aromatic carbocycles. The Bertz CT molecular complexity index is 2680.